The molecule has 1 unspecified atom stereocenters. The Kier molecular flexibility index (Phi) is 5.58. The summed E-state index contributed by atoms with van der Waals surface area (Å²) < 4.78 is 50.1. The third kappa shape index (κ3) is 3.95. The Balaban J connectivity index is 1.88. The van der Waals surface area contributed by atoms with Crippen LogP contribution in [0.4, 0.5) is 14.5 Å². The molecule has 1 aliphatic rings. The Hall–Kier alpha value is -3.49. The monoisotopic (exact) mass is 438 g/mol. The van der Waals surface area contributed by atoms with Gasteiger partial charge in [0, 0.05) is 11.3 Å². The van der Waals surface area contributed by atoms with Crippen molar-refractivity contribution < 1.29 is 27.1 Å². The number of hydrogen-bond acceptors (Lipinski definition) is 4. The molecule has 4 rings (SSSR count). The van der Waals surface area contributed by atoms with Gasteiger partial charge in [0.15, 0.2) is 0 Å². The minimum Gasteiger partial charge on any atom is -0.772 e. The highest BCUT2D eigenvalue weighted by atomic mass is 32.2. The van der Waals surface area contributed by atoms with Crippen LogP contribution in [0.1, 0.15) is 16.7 Å². The minimum atomic E-state index is -2.40. The third-order valence-electron chi connectivity index (χ3n) is 4.82. The van der Waals surface area contributed by atoms with E-state index >= 15 is 0 Å². The van der Waals surface area contributed by atoms with Crippen molar-refractivity contribution in [3.63, 3.8) is 0 Å². The van der Waals surface area contributed by atoms with Crippen LogP contribution in [-0.4, -0.2) is 20.6 Å². The van der Waals surface area contributed by atoms with E-state index in [-0.39, 0.29) is 33.7 Å². The van der Waals surface area contributed by atoms with E-state index in [0.717, 1.165) is 23.1 Å². The topological polar surface area (TPSA) is 77.5 Å². The SMILES string of the molecule is O=C1C(c2ccccc2)=C(c2ccc(CS(=O)[O-])cc2F)C(=O)N1c1ccc(F)cc1. The molecule has 0 spiro atoms. The molecule has 0 aromatic heterocycles. The van der Waals surface area contributed by atoms with Crippen LogP contribution in [0.25, 0.3) is 11.1 Å². The molecule has 0 saturated heterocycles. The highest BCUT2D eigenvalue weighted by Crippen LogP contribution is 2.39. The standard InChI is InChI=1S/C23H15F2NO4S/c24-16-7-9-17(10-8-16)26-22(27)20(15-4-2-1-3-5-15)21(23(26)28)18-11-6-14(12-19(18)25)13-31(29)30/h1-12H,13H2,(H,29,30)/p-1. The molecule has 0 fully saturated rings. The maximum atomic E-state index is 15.0. The second kappa shape index (κ2) is 8.33. The Labute approximate surface area is 178 Å². The van der Waals surface area contributed by atoms with Gasteiger partial charge in [0.2, 0.25) is 0 Å². The van der Waals surface area contributed by atoms with E-state index in [1.165, 1.54) is 24.3 Å². The maximum absolute atomic E-state index is 15.0. The molecule has 0 N–H and O–H groups in total. The van der Waals surface area contributed by atoms with Crippen LogP contribution < -0.4 is 4.90 Å². The lowest BCUT2D eigenvalue weighted by Gasteiger charge is -2.15. The number of halogens is 2. The molecule has 3 aromatic carbocycles. The van der Waals surface area contributed by atoms with Crippen molar-refractivity contribution in [1.29, 1.82) is 0 Å². The van der Waals surface area contributed by atoms with Gasteiger partial charge in [-0.1, -0.05) is 53.5 Å². The summed E-state index contributed by atoms with van der Waals surface area (Å²) in [4.78, 5) is 27.4. The van der Waals surface area contributed by atoms with E-state index in [2.05, 4.69) is 0 Å². The first kappa shape index (κ1) is 20.8. The molecule has 0 bridgehead atoms. The number of hydrogen-bond donors (Lipinski definition) is 0. The highest BCUT2D eigenvalue weighted by molar-refractivity contribution is 7.78. The van der Waals surface area contributed by atoms with Crippen LogP contribution >= 0.6 is 0 Å². The molecule has 0 radical (unpaired) electrons. The summed E-state index contributed by atoms with van der Waals surface area (Å²) in [5.41, 5.74) is 0.524. The van der Waals surface area contributed by atoms with Crippen molar-refractivity contribution >= 4 is 39.7 Å². The van der Waals surface area contributed by atoms with E-state index in [9.17, 15) is 27.1 Å². The van der Waals surface area contributed by atoms with E-state index in [1.54, 1.807) is 30.3 Å². The number of amides is 2. The van der Waals surface area contributed by atoms with Crippen molar-refractivity contribution in [1.82, 2.24) is 0 Å². The lowest BCUT2D eigenvalue weighted by molar-refractivity contribution is -0.119. The van der Waals surface area contributed by atoms with Gasteiger partial charge >= 0.3 is 0 Å². The highest BCUT2D eigenvalue weighted by Gasteiger charge is 2.41. The second-order valence-corrected chi connectivity index (χ2v) is 7.70. The Morgan fingerprint density at radius 2 is 1.48 bits per heavy atom. The molecular formula is C23H14F2NO4S-. The largest absolute Gasteiger partial charge is 0.772 e. The van der Waals surface area contributed by atoms with Crippen molar-refractivity contribution in [3.05, 3.63) is 101 Å². The molecule has 5 nitrogen and oxygen atoms in total. The molecule has 8 heteroatoms. The molecule has 1 aliphatic heterocycles. The third-order valence-corrected chi connectivity index (χ3v) is 5.39. The zero-order valence-corrected chi connectivity index (χ0v) is 16.7. The van der Waals surface area contributed by atoms with E-state index < -0.39 is 34.5 Å². The number of carbonyl (C=O) groups excluding carboxylic acids is 2. The summed E-state index contributed by atoms with van der Waals surface area (Å²) in [6.07, 6.45) is 0. The zero-order chi connectivity index (χ0) is 22.1. The first-order valence-corrected chi connectivity index (χ1v) is 10.4. The van der Waals surface area contributed by atoms with Gasteiger partial charge in [0.05, 0.1) is 16.8 Å². The molecule has 1 heterocycles. The molecular weight excluding hydrogens is 424 g/mol. The van der Waals surface area contributed by atoms with Crippen LogP contribution in [-0.2, 0) is 26.4 Å². The summed E-state index contributed by atoms with van der Waals surface area (Å²) in [5, 5.41) is 0. The molecule has 3 aromatic rings. The summed E-state index contributed by atoms with van der Waals surface area (Å²) in [6.45, 7) is 0. The fourth-order valence-electron chi connectivity index (χ4n) is 3.46. The van der Waals surface area contributed by atoms with Gasteiger partial charge in [0.25, 0.3) is 11.8 Å². The van der Waals surface area contributed by atoms with Crippen molar-refractivity contribution in [3.8, 4) is 0 Å². The number of rotatable bonds is 5. The Morgan fingerprint density at radius 1 is 0.839 bits per heavy atom. The Bertz CT molecular complexity index is 1240. The fraction of sp³-hybridized carbons (Fsp3) is 0.0435. The fourth-order valence-corrected chi connectivity index (χ4v) is 3.92. The molecule has 2 amide bonds. The number of anilines is 1. The predicted molar refractivity (Wildman–Crippen MR) is 111 cm³/mol. The van der Waals surface area contributed by atoms with Gasteiger partial charge in [-0.15, -0.1) is 0 Å². The van der Waals surface area contributed by atoms with Gasteiger partial charge in [-0.25, -0.2) is 13.7 Å². The minimum absolute atomic E-state index is 0.00831. The summed E-state index contributed by atoms with van der Waals surface area (Å²) in [6, 6.07) is 16.9. The van der Waals surface area contributed by atoms with E-state index in [0.29, 0.717) is 5.56 Å². The van der Waals surface area contributed by atoms with Crippen LogP contribution in [0.2, 0.25) is 0 Å². The first-order chi connectivity index (χ1) is 14.9. The average molecular weight is 438 g/mol. The van der Waals surface area contributed by atoms with Crippen LogP contribution in [0.15, 0.2) is 72.8 Å². The smallest absolute Gasteiger partial charge is 0.266 e. The maximum Gasteiger partial charge on any atom is 0.266 e. The van der Waals surface area contributed by atoms with E-state index in [4.69, 9.17) is 0 Å². The summed E-state index contributed by atoms with van der Waals surface area (Å²) in [7, 11) is 0. The van der Waals surface area contributed by atoms with Crippen LogP contribution in [0.3, 0.4) is 0 Å². The number of carbonyl (C=O) groups is 2. The molecule has 1 atom stereocenters. The predicted octanol–water partition coefficient (Wildman–Crippen LogP) is 3.83. The van der Waals surface area contributed by atoms with Crippen LogP contribution in [0, 0.1) is 11.6 Å². The number of nitrogens with zero attached hydrogens (tertiary/aromatic N) is 1. The van der Waals surface area contributed by atoms with Crippen molar-refractivity contribution in [2.75, 3.05) is 4.90 Å². The molecule has 31 heavy (non-hydrogen) atoms. The van der Waals surface area contributed by atoms with Gasteiger partial charge in [-0.05, 0) is 41.5 Å². The number of imide groups is 1. The van der Waals surface area contributed by atoms with Crippen molar-refractivity contribution in [2.24, 2.45) is 0 Å². The van der Waals surface area contributed by atoms with Gasteiger partial charge in [-0.2, -0.15) is 0 Å². The Morgan fingerprint density at radius 3 is 2.10 bits per heavy atom. The summed E-state index contributed by atoms with van der Waals surface area (Å²) >= 11 is -2.40. The second-order valence-electron chi connectivity index (χ2n) is 6.80. The first-order valence-electron chi connectivity index (χ1n) is 9.15. The zero-order valence-electron chi connectivity index (χ0n) is 15.9. The molecule has 0 saturated carbocycles. The van der Waals surface area contributed by atoms with Gasteiger partial charge in [0.1, 0.15) is 11.6 Å². The number of benzene rings is 3. The van der Waals surface area contributed by atoms with Crippen LogP contribution in [0.5, 0.6) is 0 Å². The quantitative estimate of drug-likeness (QED) is 0.448. The lowest BCUT2D eigenvalue weighted by atomic mass is 9.95. The van der Waals surface area contributed by atoms with Gasteiger partial charge in [-0.3, -0.25) is 13.8 Å². The molecule has 156 valence electrons. The lowest BCUT2D eigenvalue weighted by Crippen LogP contribution is -2.31. The summed E-state index contributed by atoms with van der Waals surface area (Å²) in [5.74, 6) is -3.15. The van der Waals surface area contributed by atoms with Crippen molar-refractivity contribution in [2.45, 2.75) is 5.75 Å². The normalized spacial score (nSPS) is 15.0. The average Bonchev–Trinajstić information content (AvgIpc) is 2.99. The molecule has 0 aliphatic carbocycles. The van der Waals surface area contributed by atoms with Gasteiger partial charge < -0.3 is 4.55 Å². The van der Waals surface area contributed by atoms with E-state index in [1.807, 2.05) is 0 Å².